The minimum absolute atomic E-state index is 0.126. The highest BCUT2D eigenvalue weighted by molar-refractivity contribution is 6.03. The van der Waals surface area contributed by atoms with Gasteiger partial charge in [-0.3, -0.25) is 9.59 Å². The molecule has 1 N–H and O–H groups in total. The van der Waals surface area contributed by atoms with Crippen LogP contribution in [0, 0.1) is 23.1 Å². The van der Waals surface area contributed by atoms with E-state index < -0.39 is 5.82 Å². The van der Waals surface area contributed by atoms with Gasteiger partial charge < -0.3 is 5.32 Å². The molecule has 21 heavy (non-hydrogen) atoms. The molecule has 0 heterocycles. The van der Waals surface area contributed by atoms with Gasteiger partial charge in [0, 0.05) is 23.3 Å². The smallest absolute Gasteiger partial charge is 0.255 e. The van der Waals surface area contributed by atoms with E-state index in [2.05, 4.69) is 19.2 Å². The zero-order chi connectivity index (χ0) is 15.4. The first-order chi connectivity index (χ1) is 9.82. The van der Waals surface area contributed by atoms with Crippen molar-refractivity contribution < 1.29 is 14.0 Å². The molecule has 0 aliphatic heterocycles. The van der Waals surface area contributed by atoms with E-state index in [1.807, 2.05) is 0 Å². The summed E-state index contributed by atoms with van der Waals surface area (Å²) >= 11 is 0. The second kappa shape index (κ2) is 4.52. The number of benzene rings is 1. The van der Waals surface area contributed by atoms with Gasteiger partial charge in [-0.15, -0.1) is 0 Å². The summed E-state index contributed by atoms with van der Waals surface area (Å²) in [7, 11) is 0. The molecule has 0 radical (unpaired) electrons. The molecule has 2 atom stereocenters. The van der Waals surface area contributed by atoms with Crippen molar-refractivity contribution in [3.8, 4) is 0 Å². The van der Waals surface area contributed by atoms with Gasteiger partial charge in [-0.1, -0.05) is 19.9 Å². The fraction of sp³-hybridized carbons (Fsp3) is 0.412. The Morgan fingerprint density at radius 1 is 1.38 bits per heavy atom. The normalized spacial score (nSPS) is 28.1. The lowest BCUT2D eigenvalue weighted by atomic mass is 9.95. The quantitative estimate of drug-likeness (QED) is 0.850. The molecule has 2 aliphatic carbocycles. The van der Waals surface area contributed by atoms with Crippen molar-refractivity contribution in [1.82, 2.24) is 5.32 Å². The van der Waals surface area contributed by atoms with E-state index >= 15 is 0 Å². The summed E-state index contributed by atoms with van der Waals surface area (Å²) in [6.07, 6.45) is 0.570. The number of halogens is 1. The van der Waals surface area contributed by atoms with Crippen molar-refractivity contribution in [3.05, 3.63) is 46.9 Å². The van der Waals surface area contributed by atoms with Crippen LogP contribution in [0.5, 0.6) is 0 Å². The molecule has 3 rings (SSSR count). The van der Waals surface area contributed by atoms with E-state index in [1.54, 1.807) is 13.0 Å². The van der Waals surface area contributed by atoms with Crippen molar-refractivity contribution in [2.75, 3.05) is 0 Å². The number of nitrogens with one attached hydrogen (secondary N) is 1. The Bertz CT molecular complexity index is 675. The largest absolute Gasteiger partial charge is 0.326 e. The molecule has 4 heteroatoms. The lowest BCUT2D eigenvalue weighted by Gasteiger charge is -2.13. The number of Topliss-reactive ketones (excluding diaryl/α,β-unsaturated/α-hetero) is 1. The first-order valence-corrected chi connectivity index (χ1v) is 7.13. The van der Waals surface area contributed by atoms with Crippen molar-refractivity contribution in [1.29, 1.82) is 0 Å². The van der Waals surface area contributed by atoms with E-state index in [4.69, 9.17) is 0 Å². The number of ketones is 1. The number of fused-ring (bicyclic) bond motifs is 1. The molecule has 1 aromatic carbocycles. The molecule has 1 amide bonds. The molecule has 2 aliphatic rings. The third kappa shape index (κ3) is 2.19. The van der Waals surface area contributed by atoms with Gasteiger partial charge in [0.05, 0.1) is 0 Å². The Labute approximate surface area is 123 Å². The fourth-order valence-electron chi connectivity index (χ4n) is 3.56. The maximum Gasteiger partial charge on any atom is 0.255 e. The highest BCUT2D eigenvalue weighted by Gasteiger charge is 2.65. The average molecular weight is 287 g/mol. The van der Waals surface area contributed by atoms with Crippen LogP contribution in [0.4, 0.5) is 4.39 Å². The van der Waals surface area contributed by atoms with Crippen LogP contribution >= 0.6 is 0 Å². The maximum absolute atomic E-state index is 13.2. The second-order valence-corrected chi connectivity index (χ2v) is 6.54. The predicted octanol–water partition coefficient (Wildman–Crippen LogP) is 3.07. The molecule has 0 spiro atoms. The minimum Gasteiger partial charge on any atom is -0.326 e. The number of allylic oxidation sites excluding steroid dienone is 2. The van der Waals surface area contributed by atoms with Crippen molar-refractivity contribution in [2.45, 2.75) is 27.2 Å². The molecule has 0 saturated heterocycles. The van der Waals surface area contributed by atoms with Crippen molar-refractivity contribution >= 4 is 11.7 Å². The first-order valence-electron chi connectivity index (χ1n) is 7.13. The molecule has 110 valence electrons. The highest BCUT2D eigenvalue weighted by atomic mass is 19.1. The predicted molar refractivity (Wildman–Crippen MR) is 77.0 cm³/mol. The summed E-state index contributed by atoms with van der Waals surface area (Å²) in [5.74, 6) is -0.0531. The number of carbonyl (C=O) groups excluding carboxylic acids is 2. The van der Waals surface area contributed by atoms with E-state index in [1.165, 1.54) is 18.2 Å². The van der Waals surface area contributed by atoms with E-state index in [9.17, 15) is 14.0 Å². The van der Waals surface area contributed by atoms with Gasteiger partial charge in [0.15, 0.2) is 5.78 Å². The zero-order valence-corrected chi connectivity index (χ0v) is 12.4. The van der Waals surface area contributed by atoms with Crippen LogP contribution in [0.25, 0.3) is 0 Å². The zero-order valence-electron chi connectivity index (χ0n) is 12.4. The van der Waals surface area contributed by atoms with Crippen LogP contribution in [0.2, 0.25) is 0 Å². The van der Waals surface area contributed by atoms with Gasteiger partial charge in [-0.25, -0.2) is 4.39 Å². The molecule has 3 nitrogen and oxygen atoms in total. The fourth-order valence-corrected chi connectivity index (χ4v) is 3.56. The molecular formula is C17H18FNO2. The van der Waals surface area contributed by atoms with Crippen molar-refractivity contribution in [3.63, 3.8) is 0 Å². The molecule has 2 saturated carbocycles. The summed E-state index contributed by atoms with van der Waals surface area (Å²) in [5, 5.41) is 2.74. The van der Waals surface area contributed by atoms with E-state index in [-0.39, 0.29) is 28.6 Å². The van der Waals surface area contributed by atoms with Crippen LogP contribution in [0.3, 0.4) is 0 Å². The number of carbonyl (C=O) groups is 2. The Balaban J connectivity index is 1.83. The lowest BCUT2D eigenvalue weighted by molar-refractivity contribution is -0.115. The molecule has 0 unspecified atom stereocenters. The topological polar surface area (TPSA) is 46.2 Å². The number of amides is 1. The van der Waals surface area contributed by atoms with Gasteiger partial charge in [-0.2, -0.15) is 0 Å². The number of hydrogen-bond acceptors (Lipinski definition) is 2. The molecule has 0 bridgehead atoms. The van der Waals surface area contributed by atoms with Crippen LogP contribution in [-0.4, -0.2) is 11.7 Å². The van der Waals surface area contributed by atoms with Crippen LogP contribution in [0.15, 0.2) is 35.5 Å². The summed E-state index contributed by atoms with van der Waals surface area (Å²) < 4.78 is 13.2. The van der Waals surface area contributed by atoms with E-state index in [0.29, 0.717) is 18.0 Å². The van der Waals surface area contributed by atoms with Crippen molar-refractivity contribution in [2.24, 2.45) is 17.3 Å². The summed E-state index contributed by atoms with van der Waals surface area (Å²) in [6, 6.07) is 5.53. The summed E-state index contributed by atoms with van der Waals surface area (Å²) in [6.45, 7) is 6.05. The maximum atomic E-state index is 13.2. The first kappa shape index (κ1) is 14.0. The van der Waals surface area contributed by atoms with Crippen LogP contribution < -0.4 is 5.32 Å². The molecule has 1 aromatic rings. The third-order valence-corrected chi connectivity index (χ3v) is 4.86. The Morgan fingerprint density at radius 3 is 2.71 bits per heavy atom. The third-order valence-electron chi connectivity index (χ3n) is 4.86. The number of hydrogen-bond donors (Lipinski definition) is 1. The molecule has 2 fully saturated rings. The lowest BCUT2D eigenvalue weighted by Crippen LogP contribution is -2.24. The Kier molecular flexibility index (Phi) is 3.01. The minimum atomic E-state index is -0.451. The SMILES string of the molecule is CC(NC(=O)c1cccc(F)c1)=C1C(=O)C[C@@H]2[C@H]1C2(C)C. The monoisotopic (exact) mass is 287 g/mol. The van der Waals surface area contributed by atoms with E-state index in [0.717, 1.165) is 5.57 Å². The Morgan fingerprint density at radius 2 is 2.10 bits per heavy atom. The standard InChI is InChI=1S/C17H18FNO2/c1-9(14-13(20)8-12-15(14)17(12,2)3)19-16(21)10-5-4-6-11(18)7-10/h4-7,12,15H,8H2,1-3H3,(H,19,21)/t12-,15-/m1/s1. The highest BCUT2D eigenvalue weighted by Crippen LogP contribution is 2.68. The van der Waals surface area contributed by atoms with Gasteiger partial charge in [0.25, 0.3) is 5.91 Å². The molecular weight excluding hydrogens is 269 g/mol. The average Bonchev–Trinajstić information content (AvgIpc) is 2.78. The second-order valence-electron chi connectivity index (χ2n) is 6.54. The van der Waals surface area contributed by atoms with Gasteiger partial charge in [0.1, 0.15) is 5.82 Å². The van der Waals surface area contributed by atoms with Gasteiger partial charge in [-0.05, 0) is 42.4 Å². The molecule has 0 aromatic heterocycles. The Hall–Kier alpha value is -1.97. The van der Waals surface area contributed by atoms with Crippen LogP contribution in [-0.2, 0) is 4.79 Å². The summed E-state index contributed by atoms with van der Waals surface area (Å²) in [4.78, 5) is 24.2. The number of rotatable bonds is 2. The van der Waals surface area contributed by atoms with Gasteiger partial charge in [0.2, 0.25) is 0 Å². The summed E-state index contributed by atoms with van der Waals surface area (Å²) in [5.41, 5.74) is 1.75. The van der Waals surface area contributed by atoms with Crippen LogP contribution in [0.1, 0.15) is 37.6 Å². The van der Waals surface area contributed by atoms with Gasteiger partial charge >= 0.3 is 0 Å².